The van der Waals surface area contributed by atoms with Crippen LogP contribution in [0.3, 0.4) is 0 Å². The van der Waals surface area contributed by atoms with Gasteiger partial charge in [-0.2, -0.15) is 0 Å². The maximum absolute atomic E-state index is 13.2. The number of anilines is 1. The van der Waals surface area contributed by atoms with Crippen LogP contribution in [0.25, 0.3) is 0 Å². The molecule has 184 valence electrons. The van der Waals surface area contributed by atoms with E-state index in [-0.39, 0.29) is 5.91 Å². The average molecular weight is 511 g/mol. The van der Waals surface area contributed by atoms with Gasteiger partial charge in [-0.05, 0) is 65.3 Å². The maximum atomic E-state index is 13.2. The fourth-order valence-corrected chi connectivity index (χ4v) is 6.87. The molecule has 0 fully saturated rings. The summed E-state index contributed by atoms with van der Waals surface area (Å²) >= 11 is 3.04. The van der Waals surface area contributed by atoms with Crippen LogP contribution < -0.4 is 20.1 Å². The van der Waals surface area contributed by atoms with Crippen LogP contribution >= 0.6 is 22.7 Å². The van der Waals surface area contributed by atoms with Crippen molar-refractivity contribution in [2.24, 2.45) is 11.3 Å². The van der Waals surface area contributed by atoms with Crippen LogP contribution in [0.5, 0.6) is 11.5 Å². The van der Waals surface area contributed by atoms with E-state index >= 15 is 0 Å². The first-order valence-electron chi connectivity index (χ1n) is 12.0. The standard InChI is InChI=1S/C27H30N2O4S2/c1-5-27(2,3)16-9-10-17-21(14-16)35-25-22(17)24(30)28-23(29-25)15-8-11-18(19(13-15)32-4)33-26(31)20-7-6-12-34-20/h6-8,11-13,16,23,29H,5,9-10,14H2,1-4H3,(H,28,30)/t16-,23-/m0/s1. The van der Waals surface area contributed by atoms with E-state index in [4.69, 9.17) is 9.47 Å². The highest BCUT2D eigenvalue weighted by atomic mass is 32.1. The number of rotatable bonds is 6. The number of hydrogen-bond acceptors (Lipinski definition) is 7. The molecule has 6 nitrogen and oxygen atoms in total. The van der Waals surface area contributed by atoms with E-state index in [2.05, 4.69) is 31.4 Å². The summed E-state index contributed by atoms with van der Waals surface area (Å²) < 4.78 is 11.0. The van der Waals surface area contributed by atoms with Gasteiger partial charge in [-0.15, -0.1) is 22.7 Å². The highest BCUT2D eigenvalue weighted by Gasteiger charge is 2.37. The minimum Gasteiger partial charge on any atom is -0.493 e. The van der Waals surface area contributed by atoms with Gasteiger partial charge >= 0.3 is 5.97 Å². The smallest absolute Gasteiger partial charge is 0.353 e. The summed E-state index contributed by atoms with van der Waals surface area (Å²) in [5, 5.41) is 9.40. The summed E-state index contributed by atoms with van der Waals surface area (Å²) in [4.78, 5) is 27.4. The lowest BCUT2D eigenvalue weighted by atomic mass is 9.69. The number of esters is 1. The third-order valence-corrected chi connectivity index (χ3v) is 9.54. The van der Waals surface area contributed by atoms with E-state index < -0.39 is 12.1 Å². The number of carbonyl (C=O) groups is 2. The average Bonchev–Trinajstić information content (AvgIpc) is 3.52. The number of thiophene rings is 2. The molecule has 35 heavy (non-hydrogen) atoms. The molecule has 5 rings (SSSR count). The van der Waals surface area contributed by atoms with Gasteiger partial charge in [0, 0.05) is 4.88 Å². The van der Waals surface area contributed by atoms with E-state index in [0.717, 1.165) is 41.8 Å². The second kappa shape index (κ2) is 9.32. The molecule has 0 saturated heterocycles. The molecule has 0 bridgehead atoms. The first-order valence-corrected chi connectivity index (χ1v) is 13.7. The minimum absolute atomic E-state index is 0.0402. The van der Waals surface area contributed by atoms with Crippen molar-refractivity contribution in [1.82, 2.24) is 5.32 Å². The van der Waals surface area contributed by atoms with E-state index in [1.165, 1.54) is 28.9 Å². The molecule has 0 saturated carbocycles. The monoisotopic (exact) mass is 510 g/mol. The number of benzene rings is 1. The van der Waals surface area contributed by atoms with Crippen LogP contribution in [0.2, 0.25) is 0 Å². The molecule has 2 atom stereocenters. The molecule has 1 amide bonds. The number of methoxy groups -OCH3 is 1. The van der Waals surface area contributed by atoms with Gasteiger partial charge in [0.25, 0.3) is 5.91 Å². The highest BCUT2D eigenvalue weighted by molar-refractivity contribution is 7.16. The quantitative estimate of drug-likeness (QED) is 0.295. The van der Waals surface area contributed by atoms with Crippen molar-refractivity contribution in [1.29, 1.82) is 0 Å². The first kappa shape index (κ1) is 23.9. The van der Waals surface area contributed by atoms with Gasteiger partial charge in [-0.1, -0.05) is 39.3 Å². The van der Waals surface area contributed by atoms with Crippen molar-refractivity contribution in [2.75, 3.05) is 12.4 Å². The predicted octanol–water partition coefficient (Wildman–Crippen LogP) is 6.43. The molecule has 8 heteroatoms. The molecule has 2 aromatic heterocycles. The van der Waals surface area contributed by atoms with Gasteiger partial charge in [-0.25, -0.2) is 4.79 Å². The van der Waals surface area contributed by atoms with E-state index in [9.17, 15) is 9.59 Å². The van der Waals surface area contributed by atoms with Crippen molar-refractivity contribution >= 4 is 39.6 Å². The Morgan fingerprint density at radius 3 is 2.74 bits per heavy atom. The molecule has 3 aromatic rings. The number of nitrogens with one attached hydrogen (secondary N) is 2. The summed E-state index contributed by atoms with van der Waals surface area (Å²) in [6.07, 6.45) is 3.86. The third-order valence-electron chi connectivity index (χ3n) is 7.51. The van der Waals surface area contributed by atoms with E-state index in [1.807, 2.05) is 11.4 Å². The second-order valence-electron chi connectivity index (χ2n) is 9.82. The lowest BCUT2D eigenvalue weighted by Crippen LogP contribution is -2.38. The lowest BCUT2D eigenvalue weighted by molar-refractivity contribution is 0.0734. The number of carbonyl (C=O) groups excluding carboxylic acids is 2. The first-order chi connectivity index (χ1) is 16.8. The van der Waals surface area contributed by atoms with Gasteiger partial charge in [0.1, 0.15) is 16.0 Å². The topological polar surface area (TPSA) is 76.7 Å². The predicted molar refractivity (Wildman–Crippen MR) is 140 cm³/mol. The molecular weight excluding hydrogens is 480 g/mol. The van der Waals surface area contributed by atoms with Crippen LogP contribution in [0.1, 0.15) is 75.8 Å². The Morgan fingerprint density at radius 2 is 2.03 bits per heavy atom. The molecule has 1 aromatic carbocycles. The Hall–Kier alpha value is -2.84. The Bertz CT molecular complexity index is 1260. The normalized spacial score (nSPS) is 19.3. The van der Waals surface area contributed by atoms with Crippen molar-refractivity contribution < 1.29 is 19.1 Å². The van der Waals surface area contributed by atoms with Gasteiger partial charge in [0.05, 0.1) is 12.7 Å². The Labute approximate surface area is 213 Å². The van der Waals surface area contributed by atoms with Crippen LogP contribution in [0.4, 0.5) is 5.00 Å². The van der Waals surface area contributed by atoms with Gasteiger partial charge < -0.3 is 20.1 Å². The molecule has 0 radical (unpaired) electrons. The molecule has 2 aliphatic rings. The molecule has 1 aliphatic carbocycles. The van der Waals surface area contributed by atoms with E-state index in [1.54, 1.807) is 35.6 Å². The number of amides is 1. The number of fused-ring (bicyclic) bond motifs is 3. The second-order valence-corrected chi connectivity index (χ2v) is 11.9. The van der Waals surface area contributed by atoms with E-state index in [0.29, 0.717) is 27.7 Å². The molecule has 0 spiro atoms. The summed E-state index contributed by atoms with van der Waals surface area (Å²) in [5.74, 6) is 0.945. The van der Waals surface area contributed by atoms with Gasteiger partial charge in [0.15, 0.2) is 11.5 Å². The summed E-state index contributed by atoms with van der Waals surface area (Å²) in [6.45, 7) is 6.97. The fourth-order valence-electron chi connectivity index (χ4n) is 4.91. The van der Waals surface area contributed by atoms with Crippen LogP contribution in [0.15, 0.2) is 35.7 Å². The SMILES string of the molecule is CCC(C)(C)[C@H]1CCc2c(sc3c2C(=O)N[C@H](c2ccc(OC(=O)c4cccs4)c(OC)c2)N3)C1. The third kappa shape index (κ3) is 4.45. The Kier molecular flexibility index (Phi) is 6.36. The maximum Gasteiger partial charge on any atom is 0.353 e. The largest absolute Gasteiger partial charge is 0.493 e. The number of hydrogen-bond donors (Lipinski definition) is 2. The summed E-state index contributed by atoms with van der Waals surface area (Å²) in [5.41, 5.74) is 3.15. The Balaban J connectivity index is 1.37. The zero-order chi connectivity index (χ0) is 24.7. The van der Waals surface area contributed by atoms with Crippen molar-refractivity contribution in [2.45, 2.75) is 52.6 Å². The molecule has 1 aliphatic heterocycles. The fraction of sp³-hybridized carbons (Fsp3) is 0.407. The molecule has 3 heterocycles. The van der Waals surface area contributed by atoms with Crippen LogP contribution in [-0.4, -0.2) is 19.0 Å². The van der Waals surface area contributed by atoms with Crippen molar-refractivity contribution in [3.8, 4) is 11.5 Å². The molecule has 0 unspecified atom stereocenters. The Morgan fingerprint density at radius 1 is 1.20 bits per heavy atom. The van der Waals surface area contributed by atoms with Crippen molar-refractivity contribution in [3.63, 3.8) is 0 Å². The highest BCUT2D eigenvalue weighted by Crippen LogP contribution is 2.47. The summed E-state index contributed by atoms with van der Waals surface area (Å²) in [7, 11) is 1.54. The molecule has 2 N–H and O–H groups in total. The van der Waals surface area contributed by atoms with Gasteiger partial charge in [-0.3, -0.25) is 4.79 Å². The zero-order valence-electron chi connectivity index (χ0n) is 20.4. The van der Waals surface area contributed by atoms with Crippen molar-refractivity contribution in [3.05, 3.63) is 62.2 Å². The lowest BCUT2D eigenvalue weighted by Gasteiger charge is -2.36. The van der Waals surface area contributed by atoms with Gasteiger partial charge in [0.2, 0.25) is 0 Å². The summed E-state index contributed by atoms with van der Waals surface area (Å²) in [6, 6.07) is 8.88. The minimum atomic E-state index is -0.423. The molecular formula is C27H30N2O4S2. The van der Waals surface area contributed by atoms with Crippen LogP contribution in [-0.2, 0) is 12.8 Å². The van der Waals surface area contributed by atoms with Crippen LogP contribution in [0, 0.1) is 11.3 Å². The zero-order valence-corrected chi connectivity index (χ0v) is 22.0. The number of ether oxygens (including phenoxy) is 2.